The van der Waals surface area contributed by atoms with E-state index in [1.807, 2.05) is 31.2 Å². The van der Waals surface area contributed by atoms with Gasteiger partial charge in [-0.15, -0.1) is 11.8 Å². The maximum Gasteiger partial charge on any atom is 0.311 e. The first kappa shape index (κ1) is 22.2. The van der Waals surface area contributed by atoms with Crippen molar-refractivity contribution in [3.8, 4) is 5.75 Å². The number of methoxy groups -OCH3 is 1. The zero-order valence-corrected chi connectivity index (χ0v) is 17.2. The third-order valence-electron chi connectivity index (χ3n) is 3.96. The summed E-state index contributed by atoms with van der Waals surface area (Å²) in [5, 5.41) is 13.6. The summed E-state index contributed by atoms with van der Waals surface area (Å²) in [6, 6.07) is 10.6. The summed E-state index contributed by atoms with van der Waals surface area (Å²) in [4.78, 5) is 35.4. The van der Waals surface area contributed by atoms with E-state index in [2.05, 4.69) is 5.32 Å². The Labute approximate surface area is 172 Å². The molecule has 0 aromatic heterocycles. The maximum absolute atomic E-state index is 12.0. The van der Waals surface area contributed by atoms with Crippen molar-refractivity contribution in [1.29, 1.82) is 0 Å². The van der Waals surface area contributed by atoms with Crippen LogP contribution < -0.4 is 10.1 Å². The van der Waals surface area contributed by atoms with Crippen molar-refractivity contribution in [2.75, 3.05) is 24.8 Å². The number of esters is 1. The predicted octanol–water partition coefficient (Wildman–Crippen LogP) is 3.88. The van der Waals surface area contributed by atoms with E-state index in [1.54, 1.807) is 6.92 Å². The van der Waals surface area contributed by atoms with Gasteiger partial charge in [0.1, 0.15) is 0 Å². The smallest absolute Gasteiger partial charge is 0.311 e. The molecule has 8 nitrogen and oxygen atoms in total. The normalized spacial score (nSPS) is 10.3. The molecule has 0 aliphatic carbocycles. The van der Waals surface area contributed by atoms with E-state index in [4.69, 9.17) is 9.47 Å². The minimum atomic E-state index is -0.562. The van der Waals surface area contributed by atoms with Crippen molar-refractivity contribution in [2.45, 2.75) is 25.2 Å². The molecule has 29 heavy (non-hydrogen) atoms. The molecule has 0 atom stereocenters. The number of aryl methyl sites for hydroxylation is 2. The van der Waals surface area contributed by atoms with Gasteiger partial charge in [0.15, 0.2) is 12.4 Å². The number of hydrogen-bond donors (Lipinski definition) is 1. The number of nitro groups is 1. The van der Waals surface area contributed by atoms with Crippen LogP contribution in [0.4, 0.5) is 11.4 Å². The van der Waals surface area contributed by atoms with Crippen LogP contribution in [0.5, 0.6) is 5.75 Å². The Bertz CT molecular complexity index is 899. The van der Waals surface area contributed by atoms with Crippen LogP contribution in [0.3, 0.4) is 0 Å². The average Bonchev–Trinajstić information content (AvgIpc) is 2.69. The van der Waals surface area contributed by atoms with Gasteiger partial charge in [0, 0.05) is 28.5 Å². The van der Waals surface area contributed by atoms with Gasteiger partial charge in [0.25, 0.3) is 5.91 Å². The number of thioether (sulfide) groups is 1. The van der Waals surface area contributed by atoms with Crippen molar-refractivity contribution in [3.05, 3.63) is 57.6 Å². The Morgan fingerprint density at radius 1 is 1.17 bits per heavy atom. The molecule has 154 valence electrons. The van der Waals surface area contributed by atoms with Crippen LogP contribution in [-0.4, -0.2) is 36.3 Å². The number of carbonyl (C=O) groups is 2. The van der Waals surface area contributed by atoms with Crippen LogP contribution >= 0.6 is 11.8 Å². The lowest BCUT2D eigenvalue weighted by Gasteiger charge is -2.11. The van der Waals surface area contributed by atoms with Crippen LogP contribution in [0.1, 0.15) is 17.5 Å². The topological polar surface area (TPSA) is 108 Å². The monoisotopic (exact) mass is 418 g/mol. The number of carbonyl (C=O) groups excluding carboxylic acids is 2. The van der Waals surface area contributed by atoms with Crippen LogP contribution in [0.15, 0.2) is 41.3 Å². The Hall–Kier alpha value is -3.07. The van der Waals surface area contributed by atoms with Gasteiger partial charge in [0.2, 0.25) is 0 Å². The van der Waals surface area contributed by atoms with Crippen molar-refractivity contribution in [2.24, 2.45) is 0 Å². The first-order chi connectivity index (χ1) is 13.8. The van der Waals surface area contributed by atoms with E-state index in [1.165, 1.54) is 36.6 Å². The SMILES string of the molecule is COc1cc(NC(=O)COC(=O)CCSc2ccc(C)cc2)c(C)cc1[N+](=O)[O-]. The third-order valence-corrected chi connectivity index (χ3v) is 4.97. The third kappa shape index (κ3) is 6.79. The zero-order valence-electron chi connectivity index (χ0n) is 16.4. The van der Waals surface area contributed by atoms with Gasteiger partial charge in [-0.05, 0) is 31.5 Å². The van der Waals surface area contributed by atoms with Crippen LogP contribution in [0.25, 0.3) is 0 Å². The molecule has 9 heteroatoms. The molecule has 1 N–H and O–H groups in total. The fourth-order valence-corrected chi connectivity index (χ4v) is 3.24. The van der Waals surface area contributed by atoms with Gasteiger partial charge >= 0.3 is 11.7 Å². The summed E-state index contributed by atoms with van der Waals surface area (Å²) in [7, 11) is 1.31. The van der Waals surface area contributed by atoms with Crippen molar-refractivity contribution in [3.63, 3.8) is 0 Å². The second-order valence-electron chi connectivity index (χ2n) is 6.22. The molecule has 0 aliphatic rings. The van der Waals surface area contributed by atoms with Crippen LogP contribution in [0, 0.1) is 24.0 Å². The van der Waals surface area contributed by atoms with E-state index < -0.39 is 23.4 Å². The highest BCUT2D eigenvalue weighted by Gasteiger charge is 2.18. The molecule has 0 fully saturated rings. The number of anilines is 1. The van der Waals surface area contributed by atoms with Gasteiger partial charge in [-0.25, -0.2) is 0 Å². The van der Waals surface area contributed by atoms with Crippen LogP contribution in [0.2, 0.25) is 0 Å². The van der Waals surface area contributed by atoms with Crippen molar-refractivity contribution >= 4 is 35.0 Å². The number of amides is 1. The average molecular weight is 418 g/mol. The second-order valence-corrected chi connectivity index (χ2v) is 7.38. The molecule has 0 radical (unpaired) electrons. The molecule has 1 amide bonds. The number of nitrogens with zero attached hydrogens (tertiary/aromatic N) is 1. The lowest BCUT2D eigenvalue weighted by atomic mass is 10.1. The minimum Gasteiger partial charge on any atom is -0.490 e. The summed E-state index contributed by atoms with van der Waals surface area (Å²) >= 11 is 1.53. The lowest BCUT2D eigenvalue weighted by molar-refractivity contribution is -0.385. The summed E-state index contributed by atoms with van der Waals surface area (Å²) < 4.78 is 9.98. The largest absolute Gasteiger partial charge is 0.490 e. The number of rotatable bonds is 9. The molecule has 2 aromatic carbocycles. The van der Waals surface area contributed by atoms with Crippen molar-refractivity contribution < 1.29 is 24.0 Å². The highest BCUT2D eigenvalue weighted by molar-refractivity contribution is 7.99. The minimum absolute atomic E-state index is 0.0287. The van der Waals surface area contributed by atoms with Gasteiger partial charge in [-0.3, -0.25) is 19.7 Å². The number of benzene rings is 2. The molecule has 2 aromatic rings. The van der Waals surface area contributed by atoms with Gasteiger partial charge in [0.05, 0.1) is 18.5 Å². The van der Waals surface area contributed by atoms with Crippen molar-refractivity contribution in [1.82, 2.24) is 0 Å². The van der Waals surface area contributed by atoms with Gasteiger partial charge in [-0.1, -0.05) is 17.7 Å². The fourth-order valence-electron chi connectivity index (χ4n) is 2.40. The highest BCUT2D eigenvalue weighted by atomic mass is 32.2. The molecular formula is C20H22N2O6S. The molecular weight excluding hydrogens is 396 g/mol. The quantitative estimate of drug-likeness (QED) is 0.285. The summed E-state index contributed by atoms with van der Waals surface area (Å²) in [6.07, 6.45) is 0.177. The summed E-state index contributed by atoms with van der Waals surface area (Å²) in [6.45, 7) is 3.19. The standard InChI is InChI=1S/C20H22N2O6S/c1-13-4-6-15(7-5-13)29-9-8-20(24)28-12-19(23)21-16-11-18(27-3)17(22(25)26)10-14(16)2/h4-7,10-11H,8-9,12H2,1-3H3,(H,21,23). The molecule has 0 heterocycles. The number of nitro benzene ring substituents is 1. The van der Waals surface area contributed by atoms with E-state index in [-0.39, 0.29) is 17.9 Å². The van der Waals surface area contributed by atoms with Gasteiger partial charge in [-0.2, -0.15) is 0 Å². The van der Waals surface area contributed by atoms with E-state index in [0.29, 0.717) is 17.0 Å². The maximum atomic E-state index is 12.0. The predicted molar refractivity (Wildman–Crippen MR) is 110 cm³/mol. The first-order valence-corrected chi connectivity index (χ1v) is 9.76. The van der Waals surface area contributed by atoms with Gasteiger partial charge < -0.3 is 14.8 Å². The molecule has 0 saturated carbocycles. The molecule has 0 saturated heterocycles. The zero-order chi connectivity index (χ0) is 21.4. The van der Waals surface area contributed by atoms with E-state index >= 15 is 0 Å². The summed E-state index contributed by atoms with van der Waals surface area (Å²) in [5.74, 6) is -0.440. The fraction of sp³-hybridized carbons (Fsp3) is 0.300. The number of hydrogen-bond acceptors (Lipinski definition) is 7. The van der Waals surface area contributed by atoms with E-state index in [9.17, 15) is 19.7 Å². The highest BCUT2D eigenvalue weighted by Crippen LogP contribution is 2.32. The Balaban J connectivity index is 1.81. The molecule has 0 aliphatic heterocycles. The Morgan fingerprint density at radius 2 is 1.86 bits per heavy atom. The molecule has 0 bridgehead atoms. The van der Waals surface area contributed by atoms with Crippen LogP contribution in [-0.2, 0) is 14.3 Å². The molecule has 0 unspecified atom stereocenters. The molecule has 2 rings (SSSR count). The number of nitrogens with one attached hydrogen (secondary N) is 1. The summed E-state index contributed by atoms with van der Waals surface area (Å²) in [5.41, 5.74) is 1.82. The Kier molecular flexibility index (Phi) is 8.02. The molecule has 0 spiro atoms. The first-order valence-electron chi connectivity index (χ1n) is 8.78. The second kappa shape index (κ2) is 10.5. The Morgan fingerprint density at radius 3 is 2.48 bits per heavy atom. The number of ether oxygens (including phenoxy) is 2. The lowest BCUT2D eigenvalue weighted by Crippen LogP contribution is -2.21. The van der Waals surface area contributed by atoms with E-state index in [0.717, 1.165) is 4.90 Å².